The molecule has 1 aliphatic heterocycles. The minimum absolute atomic E-state index is 0.888. The van der Waals surface area contributed by atoms with E-state index in [-0.39, 0.29) is 0 Å². The van der Waals surface area contributed by atoms with Crippen LogP contribution in [0.1, 0.15) is 0 Å². The summed E-state index contributed by atoms with van der Waals surface area (Å²) in [6.07, 6.45) is 0. The van der Waals surface area contributed by atoms with Crippen LogP contribution in [-0.2, 0) is 0 Å². The highest BCUT2D eigenvalue weighted by molar-refractivity contribution is 6.27. The van der Waals surface area contributed by atoms with E-state index in [0.29, 0.717) is 0 Å². The molecule has 0 unspecified atom stereocenters. The second-order valence-corrected chi connectivity index (χ2v) is 17.5. The maximum absolute atomic E-state index is 6.60. The van der Waals surface area contributed by atoms with Crippen molar-refractivity contribution in [3.8, 4) is 101 Å². The van der Waals surface area contributed by atoms with E-state index in [1.165, 1.54) is 121 Å². The Hall–Kier alpha value is -8.52. The lowest BCUT2D eigenvalue weighted by Crippen LogP contribution is -1.98. The average molecular weight is 823 g/mol. The van der Waals surface area contributed by atoms with E-state index in [1.807, 2.05) is 0 Å². The molecule has 1 aliphatic carbocycles. The normalized spacial score (nSPS) is 12.1. The largest absolute Gasteiger partial charge is 0.456 e. The molecule has 0 spiro atoms. The summed E-state index contributed by atoms with van der Waals surface area (Å²) in [6, 6.07) is 84.6. The molecule has 300 valence electrons. The van der Waals surface area contributed by atoms with Gasteiger partial charge in [0.15, 0.2) is 0 Å². The number of ether oxygens (including phenoxy) is 1. The molecule has 0 N–H and O–H groups in total. The highest BCUT2D eigenvalue weighted by Crippen LogP contribution is 2.58. The molecule has 2 aliphatic rings. The Morgan fingerprint density at radius 2 is 0.708 bits per heavy atom. The third-order valence-electron chi connectivity index (χ3n) is 14.0. The monoisotopic (exact) mass is 822 g/mol. The third kappa shape index (κ3) is 5.40. The van der Waals surface area contributed by atoms with E-state index in [9.17, 15) is 0 Å². The molecule has 1 nitrogen and oxygen atoms in total. The van der Waals surface area contributed by atoms with Gasteiger partial charge >= 0.3 is 0 Å². The van der Waals surface area contributed by atoms with Gasteiger partial charge in [0, 0.05) is 10.9 Å². The van der Waals surface area contributed by atoms with Crippen LogP contribution in [0.25, 0.3) is 132 Å². The zero-order valence-corrected chi connectivity index (χ0v) is 35.3. The molecule has 0 atom stereocenters. The zero-order valence-electron chi connectivity index (χ0n) is 35.3. The van der Waals surface area contributed by atoms with Gasteiger partial charge in [0.25, 0.3) is 0 Å². The van der Waals surface area contributed by atoms with Crippen molar-refractivity contribution in [1.29, 1.82) is 0 Å². The molecule has 1 heterocycles. The summed E-state index contributed by atoms with van der Waals surface area (Å²) in [7, 11) is 0. The Morgan fingerprint density at radius 1 is 0.215 bits per heavy atom. The predicted octanol–water partition coefficient (Wildman–Crippen LogP) is 18.1. The van der Waals surface area contributed by atoms with Gasteiger partial charge in [-0.3, -0.25) is 0 Å². The highest BCUT2D eigenvalue weighted by Gasteiger charge is 2.30. The van der Waals surface area contributed by atoms with Crippen LogP contribution in [0.5, 0.6) is 11.5 Å². The smallest absolute Gasteiger partial charge is 0.135 e. The summed E-state index contributed by atoms with van der Waals surface area (Å²) in [5.41, 5.74) is 19.9. The molecule has 0 saturated heterocycles. The summed E-state index contributed by atoms with van der Waals surface area (Å²) in [6.45, 7) is 0. The average Bonchev–Trinajstić information content (AvgIpc) is 3.70. The van der Waals surface area contributed by atoms with Crippen LogP contribution in [0.4, 0.5) is 0 Å². The van der Waals surface area contributed by atoms with Crippen LogP contribution >= 0.6 is 0 Å². The van der Waals surface area contributed by atoms with E-state index < -0.39 is 0 Å². The minimum Gasteiger partial charge on any atom is -0.456 e. The van der Waals surface area contributed by atoms with E-state index >= 15 is 0 Å². The van der Waals surface area contributed by atoms with Crippen molar-refractivity contribution >= 4 is 43.1 Å². The van der Waals surface area contributed by atoms with Gasteiger partial charge in [-0.1, -0.05) is 206 Å². The Balaban J connectivity index is 0.864. The lowest BCUT2D eigenvalue weighted by Gasteiger charge is -2.23. The van der Waals surface area contributed by atoms with Crippen LogP contribution in [0.15, 0.2) is 231 Å². The Kier molecular flexibility index (Phi) is 7.75. The molecule has 14 rings (SSSR count). The SMILES string of the molecule is c1ccc(-c2c3c(c(-c4ccc(-c5cccc6cc(-c7ccc8c(c7)-c7cccc9c(-c%10ccccc%10)ccc(c79)O8)ccc56)cc4)c4ccccc24)-c2cccc4cccc-3c24)cc1. The third-order valence-corrected chi connectivity index (χ3v) is 14.0. The predicted molar refractivity (Wildman–Crippen MR) is 274 cm³/mol. The number of fused-ring (bicyclic) bond motifs is 7. The van der Waals surface area contributed by atoms with Gasteiger partial charge in [0.2, 0.25) is 0 Å². The van der Waals surface area contributed by atoms with Crippen molar-refractivity contribution in [2.75, 3.05) is 0 Å². The summed E-state index contributed by atoms with van der Waals surface area (Å²) >= 11 is 0. The van der Waals surface area contributed by atoms with Crippen molar-refractivity contribution in [3.63, 3.8) is 0 Å². The zero-order chi connectivity index (χ0) is 42.6. The molecule has 0 aromatic heterocycles. The molecule has 0 amide bonds. The van der Waals surface area contributed by atoms with Gasteiger partial charge in [-0.25, -0.2) is 0 Å². The maximum atomic E-state index is 6.60. The molecule has 1 heteroatoms. The quantitative estimate of drug-likeness (QED) is 0.168. The van der Waals surface area contributed by atoms with Gasteiger partial charge in [-0.15, -0.1) is 0 Å². The van der Waals surface area contributed by atoms with Crippen molar-refractivity contribution < 1.29 is 4.74 Å². The van der Waals surface area contributed by atoms with Gasteiger partial charge in [-0.2, -0.15) is 0 Å². The minimum atomic E-state index is 0.888. The lowest BCUT2D eigenvalue weighted by molar-refractivity contribution is 0.487. The van der Waals surface area contributed by atoms with Crippen LogP contribution in [0, 0.1) is 0 Å². The second kappa shape index (κ2) is 14.0. The first-order valence-electron chi connectivity index (χ1n) is 22.5. The molecular weight excluding hydrogens is 785 g/mol. The van der Waals surface area contributed by atoms with Crippen LogP contribution in [0.3, 0.4) is 0 Å². The van der Waals surface area contributed by atoms with E-state index in [1.54, 1.807) is 0 Å². The maximum Gasteiger partial charge on any atom is 0.135 e. The number of benzene rings is 12. The fourth-order valence-corrected chi connectivity index (χ4v) is 11.2. The van der Waals surface area contributed by atoms with E-state index in [2.05, 4.69) is 231 Å². The van der Waals surface area contributed by atoms with Gasteiger partial charge in [0.05, 0.1) is 0 Å². The fraction of sp³-hybridized carbons (Fsp3) is 0. The molecule has 0 saturated carbocycles. The summed E-state index contributed by atoms with van der Waals surface area (Å²) in [4.78, 5) is 0. The second-order valence-electron chi connectivity index (χ2n) is 17.5. The van der Waals surface area contributed by atoms with Crippen molar-refractivity contribution in [2.24, 2.45) is 0 Å². The first-order chi connectivity index (χ1) is 32.2. The highest BCUT2D eigenvalue weighted by atomic mass is 16.5. The van der Waals surface area contributed by atoms with Crippen LogP contribution in [0.2, 0.25) is 0 Å². The molecule has 0 fully saturated rings. The lowest BCUT2D eigenvalue weighted by atomic mass is 9.82. The Morgan fingerprint density at radius 3 is 1.43 bits per heavy atom. The van der Waals surface area contributed by atoms with Crippen LogP contribution in [-0.4, -0.2) is 0 Å². The number of hydrogen-bond acceptors (Lipinski definition) is 1. The molecule has 65 heavy (non-hydrogen) atoms. The summed E-state index contributed by atoms with van der Waals surface area (Å²) in [5.74, 6) is 1.79. The van der Waals surface area contributed by atoms with Crippen molar-refractivity contribution in [2.45, 2.75) is 0 Å². The summed E-state index contributed by atoms with van der Waals surface area (Å²) in [5, 5.41) is 9.98. The molecular formula is C64H38O. The Labute approximate surface area is 377 Å². The molecule has 0 radical (unpaired) electrons. The van der Waals surface area contributed by atoms with Crippen molar-refractivity contribution in [3.05, 3.63) is 231 Å². The van der Waals surface area contributed by atoms with Gasteiger partial charge in [0.1, 0.15) is 11.5 Å². The molecule has 12 aromatic rings. The Bertz CT molecular complexity index is 3930. The molecule has 12 aromatic carbocycles. The van der Waals surface area contributed by atoms with Gasteiger partial charge in [-0.05, 0) is 145 Å². The van der Waals surface area contributed by atoms with Crippen LogP contribution < -0.4 is 4.74 Å². The number of hydrogen-bond donors (Lipinski definition) is 0. The summed E-state index contributed by atoms with van der Waals surface area (Å²) < 4.78 is 6.60. The number of rotatable bonds is 5. The standard InChI is InChI=1S/C64H38O/c1-3-13-39(14-4-1)48-34-36-58-62-50(48)23-12-24-53(62)56-38-45(32-35-57(56)65-58)44-31-33-49-46(37-44)19-11-22-47(49)40-27-29-43(30-28-40)61-52-21-8-7-20-51(52)60(42-15-5-2-6-16-42)63-54-25-9-17-41-18-10-26-55(59(41)54)64(61)63/h1-38H. The fourth-order valence-electron chi connectivity index (χ4n) is 11.2. The first-order valence-corrected chi connectivity index (χ1v) is 22.5. The van der Waals surface area contributed by atoms with E-state index in [0.717, 1.165) is 22.4 Å². The van der Waals surface area contributed by atoms with E-state index in [4.69, 9.17) is 4.74 Å². The topological polar surface area (TPSA) is 9.23 Å². The first kappa shape index (κ1) is 36.0. The van der Waals surface area contributed by atoms with Crippen molar-refractivity contribution in [1.82, 2.24) is 0 Å². The molecule has 0 bridgehead atoms. The van der Waals surface area contributed by atoms with Gasteiger partial charge < -0.3 is 4.74 Å².